The monoisotopic (exact) mass is 571 g/mol. The first kappa shape index (κ1) is 27.7. The van der Waals surface area contributed by atoms with Gasteiger partial charge >= 0.3 is 0 Å². The number of imide groups is 1. The minimum Gasteiger partial charge on any atom is -0.492 e. The number of ether oxygens (including phenoxy) is 1. The number of aliphatic hydroxyl groups is 1. The average Bonchev–Trinajstić information content (AvgIpc) is 3.60. The number of thiophene rings is 2. The Morgan fingerprint density at radius 3 is 2.53 bits per heavy atom. The first-order chi connectivity index (χ1) is 18.0. The highest BCUT2D eigenvalue weighted by Crippen LogP contribution is 2.42. The Morgan fingerprint density at radius 1 is 1.08 bits per heavy atom. The number of benzene rings is 1. The molecule has 4 heterocycles. The molecule has 1 aliphatic rings. The normalized spacial score (nSPS) is 13.1. The van der Waals surface area contributed by atoms with Crippen LogP contribution < -0.4 is 15.5 Å². The molecule has 198 valence electrons. The van der Waals surface area contributed by atoms with Crippen molar-refractivity contribution in [3.05, 3.63) is 59.0 Å². The third-order valence-corrected chi connectivity index (χ3v) is 7.90. The van der Waals surface area contributed by atoms with E-state index in [0.29, 0.717) is 36.9 Å². The number of aliphatic hydroxyl groups excluding tert-OH is 1. The standard InChI is InChI=1S/C26H25N5O4S2.ClH/c1-15-14-20(33)31(26(15)34)30-24-21-16(2)22(37-25(21)29-23(28-24)19-4-3-13-36-19)17-5-7-18(8-6-17)35-12-10-27-9-11-32;/h3-8,13-14,27,32H,9-12H2,1-2H3,(H,28,29,30);1H. The number of hydrogen-bond acceptors (Lipinski definition) is 10. The van der Waals surface area contributed by atoms with Crippen LogP contribution >= 0.6 is 35.1 Å². The molecule has 0 unspecified atom stereocenters. The van der Waals surface area contributed by atoms with Gasteiger partial charge in [0.05, 0.1) is 16.9 Å². The van der Waals surface area contributed by atoms with E-state index in [1.165, 1.54) is 28.7 Å². The smallest absolute Gasteiger partial charge is 0.275 e. The summed E-state index contributed by atoms with van der Waals surface area (Å²) >= 11 is 3.05. The molecular weight excluding hydrogens is 546 g/mol. The minimum absolute atomic E-state index is 0. The lowest BCUT2D eigenvalue weighted by Crippen LogP contribution is -2.36. The summed E-state index contributed by atoms with van der Waals surface area (Å²) in [4.78, 5) is 37.2. The van der Waals surface area contributed by atoms with Gasteiger partial charge in [0.2, 0.25) is 0 Å². The van der Waals surface area contributed by atoms with Gasteiger partial charge in [0.15, 0.2) is 11.6 Å². The summed E-state index contributed by atoms with van der Waals surface area (Å²) < 4.78 is 5.77. The lowest BCUT2D eigenvalue weighted by atomic mass is 10.1. The summed E-state index contributed by atoms with van der Waals surface area (Å²) in [5.74, 6) is 0.866. The number of carbonyl (C=O) groups is 2. The van der Waals surface area contributed by atoms with E-state index >= 15 is 0 Å². The fraction of sp³-hybridized carbons (Fsp3) is 0.231. The van der Waals surface area contributed by atoms with E-state index < -0.39 is 11.8 Å². The second-order valence-corrected chi connectivity index (χ2v) is 10.3. The first-order valence-electron chi connectivity index (χ1n) is 11.7. The number of amides is 2. The van der Waals surface area contributed by atoms with Crippen LogP contribution in [0.2, 0.25) is 0 Å². The SMILES string of the molecule is CC1=CC(=O)N(Nc2nc(-c3cccs3)nc3sc(-c4ccc(OCCNCCO)cc4)c(C)c23)C1=O.Cl. The Morgan fingerprint density at radius 2 is 1.87 bits per heavy atom. The number of hydrogen-bond donors (Lipinski definition) is 3. The van der Waals surface area contributed by atoms with Crippen LogP contribution in [0.5, 0.6) is 5.75 Å². The third-order valence-electron chi connectivity index (χ3n) is 5.80. The predicted molar refractivity (Wildman–Crippen MR) is 153 cm³/mol. The van der Waals surface area contributed by atoms with Crippen molar-refractivity contribution in [1.82, 2.24) is 20.3 Å². The number of carbonyl (C=O) groups excluding carboxylic acids is 2. The Hall–Kier alpha value is -3.35. The van der Waals surface area contributed by atoms with E-state index in [0.717, 1.165) is 41.9 Å². The van der Waals surface area contributed by atoms with Crippen LogP contribution in [0.1, 0.15) is 12.5 Å². The molecule has 5 rings (SSSR count). The molecule has 4 aromatic rings. The van der Waals surface area contributed by atoms with Crippen molar-refractivity contribution in [2.75, 3.05) is 31.7 Å². The molecule has 0 saturated heterocycles. The molecule has 12 heteroatoms. The molecule has 0 radical (unpaired) electrons. The number of nitrogens with zero attached hydrogens (tertiary/aromatic N) is 3. The van der Waals surface area contributed by atoms with Crippen molar-refractivity contribution in [2.45, 2.75) is 13.8 Å². The van der Waals surface area contributed by atoms with Crippen molar-refractivity contribution in [1.29, 1.82) is 0 Å². The fourth-order valence-electron chi connectivity index (χ4n) is 3.96. The lowest BCUT2D eigenvalue weighted by molar-refractivity contribution is -0.135. The van der Waals surface area contributed by atoms with Gasteiger partial charge in [-0.2, -0.15) is 5.01 Å². The highest BCUT2D eigenvalue weighted by Gasteiger charge is 2.30. The molecule has 0 aliphatic carbocycles. The zero-order valence-corrected chi connectivity index (χ0v) is 23.1. The second-order valence-electron chi connectivity index (χ2n) is 8.37. The van der Waals surface area contributed by atoms with E-state index in [1.54, 1.807) is 6.92 Å². The molecule has 1 aliphatic heterocycles. The molecule has 0 spiro atoms. The quantitative estimate of drug-likeness (QED) is 0.189. The maximum atomic E-state index is 12.5. The van der Waals surface area contributed by atoms with Gasteiger partial charge < -0.3 is 15.2 Å². The molecule has 2 amide bonds. The number of anilines is 1. The molecule has 0 fully saturated rings. The topological polar surface area (TPSA) is 117 Å². The Balaban J connectivity index is 0.00000336. The first-order valence-corrected chi connectivity index (χ1v) is 13.4. The van der Waals surface area contributed by atoms with Crippen molar-refractivity contribution < 1.29 is 19.4 Å². The van der Waals surface area contributed by atoms with Crippen LogP contribution in [0.15, 0.2) is 53.4 Å². The van der Waals surface area contributed by atoms with Crippen molar-refractivity contribution in [3.8, 4) is 26.9 Å². The average molecular weight is 572 g/mol. The Kier molecular flexibility index (Phi) is 8.75. The van der Waals surface area contributed by atoms with Gasteiger partial charge in [-0.05, 0) is 60.7 Å². The molecular formula is C26H26ClN5O4S2. The molecule has 3 aromatic heterocycles. The second kappa shape index (κ2) is 12.0. The highest BCUT2D eigenvalue weighted by molar-refractivity contribution is 7.22. The number of rotatable bonds is 10. The summed E-state index contributed by atoms with van der Waals surface area (Å²) in [6, 6.07) is 11.7. The minimum atomic E-state index is -0.429. The lowest BCUT2D eigenvalue weighted by Gasteiger charge is -2.17. The number of halogens is 1. The molecule has 38 heavy (non-hydrogen) atoms. The van der Waals surface area contributed by atoms with Gasteiger partial charge in [-0.1, -0.05) is 6.07 Å². The summed E-state index contributed by atoms with van der Waals surface area (Å²) in [5, 5.41) is 15.6. The van der Waals surface area contributed by atoms with E-state index in [-0.39, 0.29) is 19.0 Å². The van der Waals surface area contributed by atoms with Crippen LogP contribution in [0.25, 0.3) is 31.4 Å². The summed E-state index contributed by atoms with van der Waals surface area (Å²) in [7, 11) is 0. The molecule has 3 N–H and O–H groups in total. The number of nitrogens with one attached hydrogen (secondary N) is 2. The molecule has 1 aromatic carbocycles. The van der Waals surface area contributed by atoms with Crippen LogP contribution in [-0.2, 0) is 9.59 Å². The fourth-order valence-corrected chi connectivity index (χ4v) is 5.80. The maximum absolute atomic E-state index is 12.5. The summed E-state index contributed by atoms with van der Waals surface area (Å²) in [5.41, 5.74) is 5.29. The van der Waals surface area contributed by atoms with Crippen molar-refractivity contribution in [3.63, 3.8) is 0 Å². The maximum Gasteiger partial charge on any atom is 0.275 e. The van der Waals surface area contributed by atoms with Crippen LogP contribution in [0, 0.1) is 6.92 Å². The zero-order valence-electron chi connectivity index (χ0n) is 20.7. The third kappa shape index (κ3) is 5.57. The Bertz CT molecular complexity index is 1490. The van der Waals surface area contributed by atoms with Gasteiger partial charge in [0, 0.05) is 29.6 Å². The largest absolute Gasteiger partial charge is 0.492 e. The molecule has 0 atom stereocenters. The number of fused-ring (bicyclic) bond motifs is 1. The van der Waals surface area contributed by atoms with Crippen LogP contribution in [0.3, 0.4) is 0 Å². The summed E-state index contributed by atoms with van der Waals surface area (Å²) in [6.07, 6.45) is 1.31. The number of hydrazine groups is 1. The van der Waals surface area contributed by atoms with Crippen LogP contribution in [0.4, 0.5) is 5.82 Å². The molecule has 9 nitrogen and oxygen atoms in total. The van der Waals surface area contributed by atoms with Gasteiger partial charge in [-0.3, -0.25) is 15.0 Å². The zero-order chi connectivity index (χ0) is 25.9. The van der Waals surface area contributed by atoms with Crippen molar-refractivity contribution >= 4 is 62.9 Å². The highest BCUT2D eigenvalue weighted by atomic mass is 35.5. The van der Waals surface area contributed by atoms with Gasteiger partial charge in [0.1, 0.15) is 17.2 Å². The van der Waals surface area contributed by atoms with Crippen molar-refractivity contribution in [2.24, 2.45) is 0 Å². The number of aryl methyl sites for hydroxylation is 1. The predicted octanol–water partition coefficient (Wildman–Crippen LogP) is 4.42. The van der Waals surface area contributed by atoms with E-state index in [1.807, 2.05) is 48.7 Å². The van der Waals surface area contributed by atoms with E-state index in [2.05, 4.69) is 10.7 Å². The van der Waals surface area contributed by atoms with Crippen LogP contribution in [-0.4, -0.2) is 58.2 Å². The van der Waals surface area contributed by atoms with Gasteiger partial charge in [-0.25, -0.2) is 9.97 Å². The van der Waals surface area contributed by atoms with E-state index in [4.69, 9.17) is 19.8 Å². The Labute approximate surface area is 233 Å². The number of aromatic nitrogens is 2. The van der Waals surface area contributed by atoms with Gasteiger partial charge in [-0.15, -0.1) is 35.1 Å². The molecule has 0 bridgehead atoms. The van der Waals surface area contributed by atoms with E-state index in [9.17, 15) is 9.59 Å². The summed E-state index contributed by atoms with van der Waals surface area (Å²) in [6.45, 7) is 5.39. The van der Waals surface area contributed by atoms with Gasteiger partial charge in [0.25, 0.3) is 11.8 Å². The molecule has 0 saturated carbocycles.